The Morgan fingerprint density at radius 2 is 0.808 bits per heavy atom. The first-order valence-electron chi connectivity index (χ1n) is 32.1. The van der Waals surface area contributed by atoms with Crippen LogP contribution in [-0.4, -0.2) is 118 Å². The first-order valence-corrected chi connectivity index (χ1v) is 34.1. The van der Waals surface area contributed by atoms with Gasteiger partial charge in [0, 0.05) is 161 Å². The summed E-state index contributed by atoms with van der Waals surface area (Å²) in [6.07, 6.45) is 25.5. The number of benzene rings is 5. The Kier molecular flexibility index (Phi) is 24.6. The molecule has 0 aliphatic heterocycles. The second-order valence-electron chi connectivity index (χ2n) is 24.0. The van der Waals surface area contributed by atoms with Crippen LogP contribution in [0.25, 0.3) is 61.6 Å². The van der Waals surface area contributed by atoms with E-state index in [1.807, 2.05) is 118 Å². The Hall–Kier alpha value is -10.00. The van der Waals surface area contributed by atoms with Gasteiger partial charge in [-0.2, -0.15) is 0 Å². The fourth-order valence-corrected chi connectivity index (χ4v) is 12.2. The van der Waals surface area contributed by atoms with Gasteiger partial charge in [0.2, 0.25) is 0 Å². The second-order valence-corrected chi connectivity index (χ2v) is 26.0. The minimum absolute atomic E-state index is 0.415. The average Bonchev–Trinajstić information content (AvgIpc) is 1.75. The molecular weight excluding hydrogens is 1390 g/mol. The van der Waals surface area contributed by atoms with Gasteiger partial charge in [-0.25, -0.2) is 19.9 Å². The summed E-state index contributed by atoms with van der Waals surface area (Å²) in [6, 6.07) is 51.3. The minimum Gasteiger partial charge on any atom is -0.423 e. The number of aromatic nitrogens is 12. The fraction of sp³-hybridized carbons (Fsp3) is 0.182. The van der Waals surface area contributed by atoms with Crippen LogP contribution in [0.5, 0.6) is 0 Å². The van der Waals surface area contributed by atoms with E-state index in [2.05, 4.69) is 228 Å². The zero-order valence-electron chi connectivity index (χ0n) is 56.8. The first kappa shape index (κ1) is 71.8. The van der Waals surface area contributed by atoms with Gasteiger partial charge >= 0.3 is 7.12 Å². The van der Waals surface area contributed by atoms with Crippen molar-refractivity contribution in [3.8, 4) is 44.6 Å². The number of hydrogen-bond donors (Lipinski definition) is 3. The number of aryl methyl sites for hydroxylation is 7. The van der Waals surface area contributed by atoms with E-state index in [1.54, 1.807) is 42.9 Å². The van der Waals surface area contributed by atoms with Gasteiger partial charge < -0.3 is 30.5 Å². The summed E-state index contributed by atoms with van der Waals surface area (Å²) < 4.78 is 7.78. The van der Waals surface area contributed by atoms with Crippen LogP contribution in [-0.2, 0) is 32.2 Å². The number of anilines is 3. The number of pyridine rings is 3. The highest BCUT2D eigenvalue weighted by atomic mass is 79.9. The third-order valence-corrected chi connectivity index (χ3v) is 17.7. The summed E-state index contributed by atoms with van der Waals surface area (Å²) in [5.41, 5.74) is 30.6. The molecule has 0 spiro atoms. The third kappa shape index (κ3) is 18.4. The van der Waals surface area contributed by atoms with Crippen molar-refractivity contribution in [2.45, 2.75) is 53.0 Å². The first-order chi connectivity index (χ1) is 47.8. The van der Waals surface area contributed by atoms with Crippen molar-refractivity contribution in [1.29, 1.82) is 0 Å². The summed E-state index contributed by atoms with van der Waals surface area (Å²) in [4.78, 5) is 45.7. The molecule has 0 unspecified atom stereocenters. The molecule has 0 aliphatic rings. The normalized spacial score (nSPS) is 10.8. The molecule has 22 heteroatoms. The average molecular weight is 1470 g/mol. The van der Waals surface area contributed by atoms with Gasteiger partial charge in [0.15, 0.2) is 22.1 Å². The van der Waals surface area contributed by atoms with E-state index in [4.69, 9.17) is 32.4 Å². The van der Waals surface area contributed by atoms with Crippen molar-refractivity contribution in [2.24, 2.45) is 5.73 Å². The Labute approximate surface area is 600 Å². The third-order valence-electron chi connectivity index (χ3n) is 16.3. The molecule has 0 radical (unpaired) electrons. The molecule has 18 nitrogen and oxygen atoms in total. The Morgan fingerprint density at radius 1 is 0.414 bits per heavy atom. The number of nitrogens with two attached hydrogens (primary N) is 1. The highest BCUT2D eigenvalue weighted by Crippen LogP contribution is 2.35. The summed E-state index contributed by atoms with van der Waals surface area (Å²) in [7, 11) is 11.1. The van der Waals surface area contributed by atoms with Gasteiger partial charge in [-0.15, -0.1) is 0 Å². The zero-order valence-corrected chi connectivity index (χ0v) is 60.7. The van der Waals surface area contributed by atoms with E-state index < -0.39 is 7.12 Å². The standard InChI is InChI=1S/C28H27N5.C22H22BrN5.C15H19N3.C6H7BO2.C6H3BrClN3/c1-20-17-23(13-14-29-20)24-11-9-21(18-26(24)32(2)3)10-12-25-28-31-19-27(33(28)16-15-30-25)22-7-5-4-6-8-22;1-15-12-17(8-9-24-15)18-6-4-16(13-20(18)27(2)3)5-7-19-22-26-14-21(23)28(22)11-10-25-19;1-11-8-13(6-7-17-11)14-5-4-12(10-16)9-15(14)18(2)3;8-7(9)6-4-2-1-3-5-6;7-4-3-10-6-5(8)9-1-2-11(4)6/h4-9,11,13-19H,10,12H2,1-3H3;4,6,8-14H,5,7H2,1-3H3;4-9H,10,16H2,1-3H3;1-5,8-9H;1-3H. The predicted octanol–water partition coefficient (Wildman–Crippen LogP) is 14.4. The molecular formula is C77H78BBr2ClN16O2. The monoisotopic (exact) mass is 1460 g/mol. The summed E-state index contributed by atoms with van der Waals surface area (Å²) in [5, 5.41) is 17.6. The van der Waals surface area contributed by atoms with E-state index in [0.29, 0.717) is 22.8 Å². The quantitative estimate of drug-likeness (QED) is 0.0817. The van der Waals surface area contributed by atoms with Crippen LogP contribution < -0.4 is 25.9 Å². The van der Waals surface area contributed by atoms with Gasteiger partial charge in [-0.3, -0.25) is 38.1 Å². The number of fused-ring (bicyclic) bond motifs is 3. The van der Waals surface area contributed by atoms with Gasteiger partial charge in [-0.05, 0) is 172 Å². The Morgan fingerprint density at radius 3 is 1.23 bits per heavy atom. The summed E-state index contributed by atoms with van der Waals surface area (Å²) >= 11 is 12.6. The van der Waals surface area contributed by atoms with Crippen molar-refractivity contribution in [3.63, 3.8) is 0 Å². The molecule has 0 amide bonds. The van der Waals surface area contributed by atoms with Crippen LogP contribution in [0.15, 0.2) is 235 Å². The largest absolute Gasteiger partial charge is 0.488 e. The molecule has 0 bridgehead atoms. The van der Waals surface area contributed by atoms with Crippen molar-refractivity contribution in [3.05, 3.63) is 286 Å². The van der Waals surface area contributed by atoms with Gasteiger partial charge in [-0.1, -0.05) is 109 Å². The van der Waals surface area contributed by atoms with Crippen molar-refractivity contribution in [1.82, 2.24) is 58.1 Å². The second kappa shape index (κ2) is 34.0. The van der Waals surface area contributed by atoms with Crippen LogP contribution in [0.1, 0.15) is 45.2 Å². The van der Waals surface area contributed by atoms with E-state index in [9.17, 15) is 0 Å². The van der Waals surface area contributed by atoms with Gasteiger partial charge in [0.05, 0.1) is 35.7 Å². The lowest BCUT2D eigenvalue weighted by molar-refractivity contribution is 0.426. The van der Waals surface area contributed by atoms with Crippen LogP contribution in [0.3, 0.4) is 0 Å². The zero-order chi connectivity index (χ0) is 70.1. The highest BCUT2D eigenvalue weighted by Gasteiger charge is 2.16. The molecule has 0 aliphatic carbocycles. The van der Waals surface area contributed by atoms with Crippen LogP contribution >= 0.6 is 43.5 Å². The van der Waals surface area contributed by atoms with E-state index in [1.165, 1.54) is 61.6 Å². The summed E-state index contributed by atoms with van der Waals surface area (Å²) in [6.45, 7) is 6.62. The fourth-order valence-electron chi connectivity index (χ4n) is 11.3. The number of halogens is 3. The molecule has 9 heterocycles. The molecule has 99 heavy (non-hydrogen) atoms. The van der Waals surface area contributed by atoms with Crippen LogP contribution in [0, 0.1) is 20.8 Å². The molecule has 4 N–H and O–H groups in total. The lowest BCUT2D eigenvalue weighted by atomic mass is 9.81. The summed E-state index contributed by atoms with van der Waals surface area (Å²) in [5.74, 6) is 0. The van der Waals surface area contributed by atoms with E-state index >= 15 is 0 Å². The number of imidazole rings is 3. The molecule has 0 atom stereocenters. The maximum Gasteiger partial charge on any atom is 0.488 e. The van der Waals surface area contributed by atoms with Crippen molar-refractivity contribution >= 4 is 90.0 Å². The lowest BCUT2D eigenvalue weighted by Crippen LogP contribution is -2.29. The molecule has 0 fully saturated rings. The topological polar surface area (TPSA) is 205 Å². The predicted molar refractivity (Wildman–Crippen MR) is 410 cm³/mol. The van der Waals surface area contributed by atoms with Crippen molar-refractivity contribution < 1.29 is 10.0 Å². The molecule has 14 aromatic rings. The Balaban J connectivity index is 0.000000144. The molecule has 502 valence electrons. The minimum atomic E-state index is -1.34. The van der Waals surface area contributed by atoms with Gasteiger partial charge in [0.1, 0.15) is 9.21 Å². The Bertz CT molecular complexity index is 4990. The van der Waals surface area contributed by atoms with Crippen LogP contribution in [0.4, 0.5) is 17.1 Å². The lowest BCUT2D eigenvalue weighted by Gasteiger charge is -2.19. The number of rotatable bonds is 15. The molecule has 5 aromatic carbocycles. The van der Waals surface area contributed by atoms with Crippen LogP contribution in [0.2, 0.25) is 5.15 Å². The molecule has 14 rings (SSSR count). The molecule has 0 saturated carbocycles. The molecule has 9 aromatic heterocycles. The maximum absolute atomic E-state index is 8.58. The number of hydrogen-bond acceptors (Lipinski definition) is 15. The highest BCUT2D eigenvalue weighted by molar-refractivity contribution is 9.10. The molecule has 0 saturated heterocycles. The maximum atomic E-state index is 8.58. The number of nitrogens with zero attached hydrogens (tertiary/aromatic N) is 15. The van der Waals surface area contributed by atoms with Crippen molar-refractivity contribution in [2.75, 3.05) is 57.0 Å². The smallest absolute Gasteiger partial charge is 0.423 e. The van der Waals surface area contributed by atoms with E-state index in [0.717, 1.165) is 91.5 Å². The van der Waals surface area contributed by atoms with Gasteiger partial charge in [0.25, 0.3) is 0 Å². The van der Waals surface area contributed by atoms with E-state index in [-0.39, 0.29) is 0 Å². The SMILES string of the molecule is Cc1cc(-c2ccc(CCc3nccn4c(-c5ccccc5)cnc34)cc2N(C)C)ccn1.Cc1cc(-c2ccc(CCc3nccn4c(Br)cnc34)cc2N(C)C)ccn1.Cc1cc(-c2ccc(CN)cc2N(C)C)ccn1.Clc1nccn2c(Br)cnc12.OB(O)c1ccccc1.